The molecule has 70 valence electrons. The van der Waals surface area contributed by atoms with Gasteiger partial charge in [-0.25, -0.2) is 5.90 Å². The zero-order valence-electron chi connectivity index (χ0n) is 7.05. The van der Waals surface area contributed by atoms with Crippen LogP contribution in [0.25, 0.3) is 0 Å². The highest BCUT2D eigenvalue weighted by molar-refractivity contribution is 6.30. The smallest absolute Gasteiger partial charge is 0.128 e. The van der Waals surface area contributed by atoms with Gasteiger partial charge in [-0.3, -0.25) is 4.84 Å². The van der Waals surface area contributed by atoms with Crippen molar-refractivity contribution in [2.45, 2.75) is 13.0 Å². The highest BCUT2D eigenvalue weighted by Crippen LogP contribution is 2.32. The molecule has 2 rings (SSSR count). The first-order chi connectivity index (χ1) is 6.31. The molecule has 1 aromatic rings. The van der Waals surface area contributed by atoms with Crippen LogP contribution in [0, 0.1) is 0 Å². The molecule has 0 spiro atoms. The summed E-state index contributed by atoms with van der Waals surface area (Å²) < 4.78 is 5.44. The van der Waals surface area contributed by atoms with E-state index >= 15 is 0 Å². The Bertz CT molecular complexity index is 328. The zero-order valence-corrected chi connectivity index (χ0v) is 7.80. The van der Waals surface area contributed by atoms with Crippen LogP contribution < -0.4 is 10.6 Å². The predicted molar refractivity (Wildman–Crippen MR) is 49.6 cm³/mol. The molecular weight excluding hydrogens is 190 g/mol. The predicted octanol–water partition coefficient (Wildman–Crippen LogP) is 1.67. The Morgan fingerprint density at radius 2 is 2.38 bits per heavy atom. The third kappa shape index (κ3) is 1.63. The summed E-state index contributed by atoms with van der Waals surface area (Å²) in [6, 6.07) is 3.74. The summed E-state index contributed by atoms with van der Waals surface area (Å²) in [6.45, 7) is 1.05. The summed E-state index contributed by atoms with van der Waals surface area (Å²) in [7, 11) is 0. The molecular formula is C9H10ClNO2. The third-order valence-electron chi connectivity index (χ3n) is 2.06. The van der Waals surface area contributed by atoms with E-state index in [2.05, 4.69) is 4.84 Å². The normalized spacial score (nSPS) is 14.0. The van der Waals surface area contributed by atoms with Gasteiger partial charge in [0.2, 0.25) is 0 Å². The standard InChI is InChI=1S/C9H10ClNO2/c10-8-3-6-1-2-12-9(6)7(4-8)5-13-11/h3-4H,1-2,5,11H2. The van der Waals surface area contributed by atoms with Crippen molar-refractivity contribution in [3.63, 3.8) is 0 Å². The molecule has 13 heavy (non-hydrogen) atoms. The Kier molecular flexibility index (Phi) is 2.40. The molecule has 0 radical (unpaired) electrons. The van der Waals surface area contributed by atoms with Crippen LogP contribution >= 0.6 is 11.6 Å². The van der Waals surface area contributed by atoms with E-state index in [-0.39, 0.29) is 0 Å². The quantitative estimate of drug-likeness (QED) is 0.737. The first kappa shape index (κ1) is 8.81. The minimum Gasteiger partial charge on any atom is -0.493 e. The molecule has 0 saturated carbocycles. The van der Waals surface area contributed by atoms with Crippen LogP contribution in [0.4, 0.5) is 0 Å². The van der Waals surface area contributed by atoms with Gasteiger partial charge in [-0.2, -0.15) is 0 Å². The van der Waals surface area contributed by atoms with E-state index in [4.69, 9.17) is 22.2 Å². The summed E-state index contributed by atoms with van der Waals surface area (Å²) >= 11 is 5.91. The van der Waals surface area contributed by atoms with Crippen molar-refractivity contribution in [3.05, 3.63) is 28.3 Å². The minimum absolute atomic E-state index is 0.336. The molecule has 0 fully saturated rings. The summed E-state index contributed by atoms with van der Waals surface area (Å²) in [4.78, 5) is 4.57. The fourth-order valence-electron chi connectivity index (χ4n) is 1.54. The molecule has 0 aliphatic carbocycles. The van der Waals surface area contributed by atoms with Gasteiger partial charge in [0.05, 0.1) is 13.2 Å². The molecule has 0 unspecified atom stereocenters. The van der Waals surface area contributed by atoms with Crippen LogP contribution in [-0.2, 0) is 17.9 Å². The van der Waals surface area contributed by atoms with Gasteiger partial charge in [0.15, 0.2) is 0 Å². The topological polar surface area (TPSA) is 44.5 Å². The van der Waals surface area contributed by atoms with Crippen molar-refractivity contribution in [3.8, 4) is 5.75 Å². The van der Waals surface area contributed by atoms with Crippen LogP contribution in [0.5, 0.6) is 5.75 Å². The Labute approximate surface area is 81.3 Å². The highest BCUT2D eigenvalue weighted by atomic mass is 35.5. The second kappa shape index (κ2) is 3.54. The van der Waals surface area contributed by atoms with Gasteiger partial charge >= 0.3 is 0 Å². The van der Waals surface area contributed by atoms with E-state index in [0.717, 1.165) is 23.3 Å². The van der Waals surface area contributed by atoms with E-state index in [1.807, 2.05) is 12.1 Å². The highest BCUT2D eigenvalue weighted by Gasteiger charge is 2.17. The Morgan fingerprint density at radius 1 is 1.54 bits per heavy atom. The number of benzene rings is 1. The average Bonchev–Trinajstić information content (AvgIpc) is 2.52. The average molecular weight is 200 g/mol. The molecule has 1 aliphatic rings. The van der Waals surface area contributed by atoms with Crippen molar-refractivity contribution in [2.75, 3.05) is 6.61 Å². The van der Waals surface area contributed by atoms with Crippen LogP contribution in [0.3, 0.4) is 0 Å². The lowest BCUT2D eigenvalue weighted by atomic mass is 10.1. The maximum absolute atomic E-state index is 5.91. The largest absolute Gasteiger partial charge is 0.493 e. The third-order valence-corrected chi connectivity index (χ3v) is 2.28. The monoisotopic (exact) mass is 199 g/mol. The first-order valence-corrected chi connectivity index (χ1v) is 4.45. The van der Waals surface area contributed by atoms with Crippen molar-refractivity contribution >= 4 is 11.6 Å². The molecule has 1 aliphatic heterocycles. The van der Waals surface area contributed by atoms with Gasteiger partial charge in [-0.1, -0.05) is 11.6 Å². The maximum atomic E-state index is 5.91. The lowest BCUT2D eigenvalue weighted by molar-refractivity contribution is 0.122. The first-order valence-electron chi connectivity index (χ1n) is 4.07. The second-order valence-electron chi connectivity index (χ2n) is 2.96. The van der Waals surface area contributed by atoms with Crippen LogP contribution in [-0.4, -0.2) is 6.61 Å². The van der Waals surface area contributed by atoms with Gasteiger partial charge in [0.25, 0.3) is 0 Å². The fraction of sp³-hybridized carbons (Fsp3) is 0.333. The van der Waals surface area contributed by atoms with E-state index in [0.29, 0.717) is 18.2 Å². The summed E-state index contributed by atoms with van der Waals surface area (Å²) in [6.07, 6.45) is 0.910. The van der Waals surface area contributed by atoms with E-state index in [1.54, 1.807) is 0 Å². The molecule has 4 heteroatoms. The molecule has 1 heterocycles. The number of rotatable bonds is 2. The van der Waals surface area contributed by atoms with E-state index < -0.39 is 0 Å². The minimum atomic E-state index is 0.336. The Hall–Kier alpha value is -0.770. The van der Waals surface area contributed by atoms with Gasteiger partial charge in [-0.15, -0.1) is 0 Å². The molecule has 1 aromatic carbocycles. The lowest BCUT2D eigenvalue weighted by Crippen LogP contribution is -2.00. The molecule has 2 N–H and O–H groups in total. The Balaban J connectivity index is 2.43. The summed E-state index contributed by atoms with van der Waals surface area (Å²) in [5.41, 5.74) is 2.06. The van der Waals surface area contributed by atoms with Crippen molar-refractivity contribution in [1.29, 1.82) is 0 Å². The van der Waals surface area contributed by atoms with Crippen molar-refractivity contribution < 1.29 is 9.57 Å². The molecule has 0 atom stereocenters. The summed E-state index contributed by atoms with van der Waals surface area (Å²) in [5, 5.41) is 0.705. The van der Waals surface area contributed by atoms with Crippen LogP contribution in [0.15, 0.2) is 12.1 Å². The SMILES string of the molecule is NOCc1cc(Cl)cc2c1OCC2. The number of ether oxygens (including phenoxy) is 1. The lowest BCUT2D eigenvalue weighted by Gasteiger charge is -2.06. The fourth-order valence-corrected chi connectivity index (χ4v) is 1.81. The number of hydrogen-bond acceptors (Lipinski definition) is 3. The van der Waals surface area contributed by atoms with Crippen LogP contribution in [0.1, 0.15) is 11.1 Å². The number of fused-ring (bicyclic) bond motifs is 1. The Morgan fingerprint density at radius 3 is 3.15 bits per heavy atom. The molecule has 0 aromatic heterocycles. The van der Waals surface area contributed by atoms with Gasteiger partial charge in [0, 0.05) is 17.0 Å². The maximum Gasteiger partial charge on any atom is 0.128 e. The van der Waals surface area contributed by atoms with Gasteiger partial charge in [0.1, 0.15) is 5.75 Å². The van der Waals surface area contributed by atoms with Crippen molar-refractivity contribution in [2.24, 2.45) is 5.90 Å². The molecule has 0 saturated heterocycles. The number of nitrogens with two attached hydrogens (primary N) is 1. The van der Waals surface area contributed by atoms with Gasteiger partial charge in [-0.05, 0) is 17.7 Å². The summed E-state index contributed by atoms with van der Waals surface area (Å²) in [5.74, 6) is 5.89. The van der Waals surface area contributed by atoms with Crippen LogP contribution in [0.2, 0.25) is 5.02 Å². The number of hydrogen-bond donors (Lipinski definition) is 1. The van der Waals surface area contributed by atoms with E-state index in [9.17, 15) is 0 Å². The van der Waals surface area contributed by atoms with E-state index in [1.165, 1.54) is 0 Å². The molecule has 0 bridgehead atoms. The molecule has 0 amide bonds. The number of halogens is 1. The van der Waals surface area contributed by atoms with Crippen molar-refractivity contribution in [1.82, 2.24) is 0 Å². The molecule has 3 nitrogen and oxygen atoms in total. The zero-order chi connectivity index (χ0) is 9.26. The van der Waals surface area contributed by atoms with Gasteiger partial charge < -0.3 is 4.74 Å². The second-order valence-corrected chi connectivity index (χ2v) is 3.40.